The van der Waals surface area contributed by atoms with Gasteiger partial charge in [0, 0.05) is 12.7 Å². The monoisotopic (exact) mass is 326 g/mol. The maximum absolute atomic E-state index is 13.0. The summed E-state index contributed by atoms with van der Waals surface area (Å²) in [5, 5.41) is 5.32. The van der Waals surface area contributed by atoms with Gasteiger partial charge in [0.25, 0.3) is 0 Å². The van der Waals surface area contributed by atoms with Crippen molar-refractivity contribution >= 4 is 5.95 Å². The van der Waals surface area contributed by atoms with Crippen LogP contribution < -0.4 is 10.6 Å². The molecule has 22 heavy (non-hydrogen) atoms. The Balaban J connectivity index is 1.97. The highest BCUT2D eigenvalue weighted by Gasteiger charge is 2.40. The van der Waals surface area contributed by atoms with E-state index in [4.69, 9.17) is 0 Å². The number of hydrogen-bond donors (Lipinski definition) is 2. The van der Waals surface area contributed by atoms with Gasteiger partial charge in [-0.2, -0.15) is 22.0 Å². The Morgan fingerprint density at radius 2 is 2.14 bits per heavy atom. The van der Waals surface area contributed by atoms with Crippen LogP contribution in [-0.2, 0) is 10.9 Å². The molecule has 1 aromatic heterocycles. The van der Waals surface area contributed by atoms with Crippen LogP contribution in [0.4, 0.5) is 27.9 Å². The van der Waals surface area contributed by atoms with E-state index in [-0.39, 0.29) is 18.2 Å². The molecular weight excluding hydrogens is 311 g/mol. The molecule has 1 fully saturated rings. The summed E-state index contributed by atoms with van der Waals surface area (Å²) < 4.78 is 68.2. The molecule has 2 N–H and O–H groups in total. The van der Waals surface area contributed by atoms with Gasteiger partial charge in [0.15, 0.2) is 0 Å². The molecule has 0 aromatic carbocycles. The summed E-state index contributed by atoms with van der Waals surface area (Å²) in [5.74, 6) is -0.00293. The summed E-state index contributed by atoms with van der Waals surface area (Å²) in [7, 11) is 0. The van der Waals surface area contributed by atoms with Crippen LogP contribution in [0.25, 0.3) is 0 Å². The van der Waals surface area contributed by atoms with E-state index >= 15 is 0 Å². The fourth-order valence-electron chi connectivity index (χ4n) is 2.08. The molecule has 1 aliphatic heterocycles. The molecular formula is C12H15F5N4O. The van der Waals surface area contributed by atoms with Crippen molar-refractivity contribution in [3.05, 3.63) is 17.5 Å². The number of halogens is 5. The number of ether oxygens (including phenoxy) is 1. The number of aryl methyl sites for hydroxylation is 1. The van der Waals surface area contributed by atoms with Gasteiger partial charge in [-0.3, -0.25) is 0 Å². The molecule has 10 heteroatoms. The second-order valence-electron chi connectivity index (χ2n) is 5.02. The van der Waals surface area contributed by atoms with Crippen LogP contribution in [0.5, 0.6) is 0 Å². The van der Waals surface area contributed by atoms with Crippen LogP contribution in [0.15, 0.2) is 6.20 Å². The lowest BCUT2D eigenvalue weighted by Crippen LogP contribution is -2.57. The first-order valence-corrected chi connectivity index (χ1v) is 6.52. The predicted octanol–water partition coefficient (Wildman–Crippen LogP) is 2.19. The summed E-state index contributed by atoms with van der Waals surface area (Å²) in [4.78, 5) is 7.30. The Labute approximate surface area is 123 Å². The Morgan fingerprint density at radius 3 is 2.68 bits per heavy atom. The number of morpholine rings is 1. The van der Waals surface area contributed by atoms with E-state index in [9.17, 15) is 22.0 Å². The molecule has 0 spiro atoms. The standard InChI is InChI=1S/C12H15F5N4O/c1-6-8(12(15,16)17)3-18-10(21-6)19-4-9-7(2)22-11(13,14)5-20-9/h3,7,9,20H,4-5H2,1-2H3,(H,18,19,21)/t7-,9+/m0/s1. The van der Waals surface area contributed by atoms with Gasteiger partial charge in [0.2, 0.25) is 5.95 Å². The van der Waals surface area contributed by atoms with Crippen LogP contribution >= 0.6 is 0 Å². The second kappa shape index (κ2) is 5.92. The van der Waals surface area contributed by atoms with E-state index in [0.717, 1.165) is 0 Å². The number of aromatic nitrogens is 2. The third-order valence-electron chi connectivity index (χ3n) is 3.26. The Morgan fingerprint density at radius 1 is 1.45 bits per heavy atom. The van der Waals surface area contributed by atoms with Gasteiger partial charge >= 0.3 is 12.3 Å². The van der Waals surface area contributed by atoms with E-state index in [1.807, 2.05) is 0 Å². The summed E-state index contributed by atoms with van der Waals surface area (Å²) >= 11 is 0. The number of anilines is 1. The Kier molecular flexibility index (Phi) is 4.52. The van der Waals surface area contributed by atoms with Crippen LogP contribution in [0.2, 0.25) is 0 Å². The third-order valence-corrected chi connectivity index (χ3v) is 3.26. The highest BCUT2D eigenvalue weighted by atomic mass is 19.4. The minimum Gasteiger partial charge on any atom is -0.353 e. The molecule has 2 heterocycles. The average molecular weight is 326 g/mol. The molecule has 0 aliphatic carbocycles. The highest BCUT2D eigenvalue weighted by molar-refractivity contribution is 5.30. The van der Waals surface area contributed by atoms with Crippen molar-refractivity contribution < 1.29 is 26.7 Å². The van der Waals surface area contributed by atoms with Crippen LogP contribution in [0, 0.1) is 6.92 Å². The molecule has 0 unspecified atom stereocenters. The van der Waals surface area contributed by atoms with Crippen molar-refractivity contribution in [1.82, 2.24) is 15.3 Å². The largest absolute Gasteiger partial charge is 0.419 e. The quantitative estimate of drug-likeness (QED) is 0.834. The first kappa shape index (κ1) is 16.8. The first-order chi connectivity index (χ1) is 10.1. The minimum atomic E-state index is -4.51. The first-order valence-electron chi connectivity index (χ1n) is 6.52. The fraction of sp³-hybridized carbons (Fsp3) is 0.667. The van der Waals surface area contributed by atoms with E-state index in [2.05, 4.69) is 25.3 Å². The van der Waals surface area contributed by atoms with E-state index in [1.165, 1.54) is 13.8 Å². The Bertz CT molecular complexity index is 537. The van der Waals surface area contributed by atoms with Crippen molar-refractivity contribution in [2.45, 2.75) is 38.3 Å². The van der Waals surface area contributed by atoms with Crippen LogP contribution in [0.1, 0.15) is 18.2 Å². The van der Waals surface area contributed by atoms with Gasteiger partial charge < -0.3 is 15.4 Å². The Hall–Kier alpha value is -1.55. The van der Waals surface area contributed by atoms with E-state index in [0.29, 0.717) is 6.20 Å². The fourth-order valence-corrected chi connectivity index (χ4v) is 2.08. The predicted molar refractivity (Wildman–Crippen MR) is 67.5 cm³/mol. The lowest BCUT2D eigenvalue weighted by atomic mass is 10.1. The zero-order valence-electron chi connectivity index (χ0n) is 11.8. The number of rotatable bonds is 3. The maximum atomic E-state index is 13.0. The normalized spacial score (nSPS) is 25.0. The van der Waals surface area contributed by atoms with Crippen LogP contribution in [-0.4, -0.2) is 41.3 Å². The van der Waals surface area contributed by atoms with Gasteiger partial charge in [-0.25, -0.2) is 9.97 Å². The summed E-state index contributed by atoms with van der Waals surface area (Å²) in [5.41, 5.74) is -1.12. The minimum absolute atomic E-state index is 0.00293. The van der Waals surface area contributed by atoms with Crippen molar-refractivity contribution in [3.8, 4) is 0 Å². The SMILES string of the molecule is Cc1nc(NC[C@H]2NCC(F)(F)O[C@H]2C)ncc1C(F)(F)F. The zero-order valence-corrected chi connectivity index (χ0v) is 11.8. The topological polar surface area (TPSA) is 59.1 Å². The molecule has 0 radical (unpaired) electrons. The smallest absolute Gasteiger partial charge is 0.353 e. The molecule has 1 saturated heterocycles. The van der Waals surface area contributed by atoms with Gasteiger partial charge in [-0.1, -0.05) is 0 Å². The molecule has 0 amide bonds. The van der Waals surface area contributed by atoms with E-state index in [1.54, 1.807) is 0 Å². The molecule has 0 bridgehead atoms. The summed E-state index contributed by atoms with van der Waals surface area (Å²) in [6.45, 7) is 2.21. The molecule has 2 atom stereocenters. The third kappa shape index (κ3) is 4.01. The highest BCUT2D eigenvalue weighted by Crippen LogP contribution is 2.30. The van der Waals surface area contributed by atoms with Crippen molar-refractivity contribution in [2.75, 3.05) is 18.4 Å². The molecule has 5 nitrogen and oxygen atoms in total. The van der Waals surface area contributed by atoms with Crippen LogP contribution in [0.3, 0.4) is 0 Å². The molecule has 0 saturated carbocycles. The number of hydrogen-bond acceptors (Lipinski definition) is 5. The van der Waals surface area contributed by atoms with Gasteiger partial charge in [-0.15, -0.1) is 0 Å². The number of alkyl halides is 5. The van der Waals surface area contributed by atoms with Gasteiger partial charge in [0.05, 0.1) is 29.9 Å². The molecule has 2 rings (SSSR count). The van der Waals surface area contributed by atoms with Crippen molar-refractivity contribution in [3.63, 3.8) is 0 Å². The van der Waals surface area contributed by atoms with Crippen molar-refractivity contribution in [1.29, 1.82) is 0 Å². The summed E-state index contributed by atoms with van der Waals surface area (Å²) in [6, 6.07) is -0.439. The molecule has 1 aromatic rings. The van der Waals surface area contributed by atoms with Gasteiger partial charge in [0.1, 0.15) is 0 Å². The van der Waals surface area contributed by atoms with Gasteiger partial charge in [-0.05, 0) is 13.8 Å². The second-order valence-corrected chi connectivity index (χ2v) is 5.02. The average Bonchev–Trinajstić information content (AvgIpc) is 2.35. The lowest BCUT2D eigenvalue weighted by Gasteiger charge is -2.35. The molecule has 124 valence electrons. The summed E-state index contributed by atoms with van der Waals surface area (Å²) in [6.07, 6.45) is -7.82. The number of nitrogens with one attached hydrogen (secondary N) is 2. The number of nitrogens with zero attached hydrogens (tertiary/aromatic N) is 2. The zero-order chi connectivity index (χ0) is 16.5. The molecule has 1 aliphatic rings. The van der Waals surface area contributed by atoms with Crippen molar-refractivity contribution in [2.24, 2.45) is 0 Å². The maximum Gasteiger partial charge on any atom is 0.419 e. The lowest BCUT2D eigenvalue weighted by molar-refractivity contribution is -0.278. The van der Waals surface area contributed by atoms with E-state index < -0.39 is 36.5 Å².